The van der Waals surface area contributed by atoms with Crippen LogP contribution in [0.2, 0.25) is 0 Å². The van der Waals surface area contributed by atoms with Gasteiger partial charge in [0.05, 0.1) is 18.2 Å². The van der Waals surface area contributed by atoms with Crippen molar-refractivity contribution in [1.29, 1.82) is 0 Å². The Hall–Kier alpha value is -2.34. The van der Waals surface area contributed by atoms with Gasteiger partial charge in [0, 0.05) is 12.8 Å². The van der Waals surface area contributed by atoms with Gasteiger partial charge in [-0.05, 0) is 25.0 Å². The molecule has 0 aromatic heterocycles. The van der Waals surface area contributed by atoms with Crippen LogP contribution in [0.4, 0.5) is 4.79 Å². The number of urea groups is 1. The summed E-state index contributed by atoms with van der Waals surface area (Å²) in [6.07, 6.45) is 0. The summed E-state index contributed by atoms with van der Waals surface area (Å²) in [5.41, 5.74) is 2.77. The van der Waals surface area contributed by atoms with Crippen molar-refractivity contribution in [2.75, 3.05) is 20.3 Å². The molecule has 1 heterocycles. The molecule has 1 aliphatic rings. The molecule has 1 aromatic carbocycles. The summed E-state index contributed by atoms with van der Waals surface area (Å²) in [5.74, 6) is -0.463. The first-order chi connectivity index (χ1) is 10.5. The fraction of sp³-hybridized carbons (Fsp3) is 0.375. The monoisotopic (exact) mass is 304 g/mol. The number of hydrogen-bond donors (Lipinski definition) is 2. The van der Waals surface area contributed by atoms with Crippen LogP contribution >= 0.6 is 0 Å². The molecule has 118 valence electrons. The van der Waals surface area contributed by atoms with Crippen LogP contribution in [-0.4, -0.2) is 32.3 Å². The molecule has 0 bridgehead atoms. The van der Waals surface area contributed by atoms with Gasteiger partial charge in [-0.15, -0.1) is 0 Å². The lowest BCUT2D eigenvalue weighted by Gasteiger charge is -2.29. The summed E-state index contributed by atoms with van der Waals surface area (Å²) in [6.45, 7) is 4.12. The van der Waals surface area contributed by atoms with Crippen LogP contribution in [0.1, 0.15) is 24.1 Å². The van der Waals surface area contributed by atoms with E-state index in [-0.39, 0.29) is 12.6 Å². The number of carbonyl (C=O) groups excluding carboxylic acids is 2. The van der Waals surface area contributed by atoms with E-state index < -0.39 is 12.0 Å². The van der Waals surface area contributed by atoms with Crippen molar-refractivity contribution < 1.29 is 19.1 Å². The number of esters is 1. The zero-order valence-electron chi connectivity index (χ0n) is 12.9. The smallest absolute Gasteiger partial charge is 0.338 e. The van der Waals surface area contributed by atoms with Gasteiger partial charge >= 0.3 is 12.0 Å². The molecule has 6 heteroatoms. The number of allylic oxidation sites excluding steroid dienone is 1. The van der Waals surface area contributed by atoms with E-state index in [0.717, 1.165) is 11.1 Å². The van der Waals surface area contributed by atoms with E-state index in [9.17, 15) is 9.59 Å². The number of carbonyl (C=O) groups is 2. The summed E-state index contributed by atoms with van der Waals surface area (Å²) in [4.78, 5) is 24.1. The lowest BCUT2D eigenvalue weighted by atomic mass is 9.92. The Morgan fingerprint density at radius 1 is 1.23 bits per heavy atom. The fourth-order valence-electron chi connectivity index (χ4n) is 2.40. The molecule has 1 aromatic rings. The maximum Gasteiger partial charge on any atom is 0.338 e. The van der Waals surface area contributed by atoms with Crippen LogP contribution in [0.15, 0.2) is 35.5 Å². The molecule has 0 aliphatic carbocycles. The number of hydrogen-bond acceptors (Lipinski definition) is 4. The van der Waals surface area contributed by atoms with Crippen LogP contribution < -0.4 is 10.6 Å². The van der Waals surface area contributed by atoms with E-state index >= 15 is 0 Å². The van der Waals surface area contributed by atoms with Crippen molar-refractivity contribution >= 4 is 12.0 Å². The predicted octanol–water partition coefficient (Wildman–Crippen LogP) is 1.81. The Labute approximate surface area is 129 Å². The number of ether oxygens (including phenoxy) is 2. The topological polar surface area (TPSA) is 76.7 Å². The van der Waals surface area contributed by atoms with Crippen molar-refractivity contribution in [2.45, 2.75) is 19.9 Å². The molecular formula is C16H20N2O4. The van der Waals surface area contributed by atoms with E-state index in [2.05, 4.69) is 10.6 Å². The third-order valence-electron chi connectivity index (χ3n) is 3.51. The predicted molar refractivity (Wildman–Crippen MR) is 81.1 cm³/mol. The van der Waals surface area contributed by atoms with Crippen molar-refractivity contribution in [3.8, 4) is 0 Å². The van der Waals surface area contributed by atoms with Gasteiger partial charge in [0.15, 0.2) is 0 Å². The maximum atomic E-state index is 12.4. The zero-order chi connectivity index (χ0) is 16.1. The first-order valence-corrected chi connectivity index (χ1v) is 7.04. The molecule has 0 saturated heterocycles. The molecule has 0 spiro atoms. The average molecular weight is 304 g/mol. The quantitative estimate of drug-likeness (QED) is 0.642. The molecule has 1 unspecified atom stereocenters. The van der Waals surface area contributed by atoms with Crippen LogP contribution in [0.25, 0.3) is 0 Å². The summed E-state index contributed by atoms with van der Waals surface area (Å²) in [5, 5.41) is 5.40. The molecule has 2 amide bonds. The molecule has 0 radical (unpaired) electrons. The minimum Gasteiger partial charge on any atom is -0.460 e. The minimum atomic E-state index is -0.523. The molecule has 2 rings (SSSR count). The van der Waals surface area contributed by atoms with E-state index in [0.29, 0.717) is 17.9 Å². The lowest BCUT2D eigenvalue weighted by molar-refractivity contribution is -0.140. The maximum absolute atomic E-state index is 12.4. The van der Waals surface area contributed by atoms with E-state index in [4.69, 9.17) is 9.47 Å². The third-order valence-corrected chi connectivity index (χ3v) is 3.51. The Kier molecular flexibility index (Phi) is 5.16. The van der Waals surface area contributed by atoms with Crippen molar-refractivity contribution in [1.82, 2.24) is 10.6 Å². The van der Waals surface area contributed by atoms with Gasteiger partial charge in [0.2, 0.25) is 0 Å². The minimum absolute atomic E-state index is 0.167. The van der Waals surface area contributed by atoms with Crippen LogP contribution in [-0.2, 0) is 14.3 Å². The van der Waals surface area contributed by atoms with Crippen LogP contribution in [0, 0.1) is 6.92 Å². The number of methoxy groups -OCH3 is 1. The first-order valence-electron chi connectivity index (χ1n) is 7.04. The van der Waals surface area contributed by atoms with Gasteiger partial charge in [-0.25, -0.2) is 9.59 Å². The van der Waals surface area contributed by atoms with E-state index in [1.54, 1.807) is 6.92 Å². The molecule has 2 N–H and O–H groups in total. The van der Waals surface area contributed by atoms with Gasteiger partial charge in [-0.1, -0.05) is 24.3 Å². The van der Waals surface area contributed by atoms with Gasteiger partial charge in [-0.2, -0.15) is 0 Å². The van der Waals surface area contributed by atoms with E-state index in [1.807, 2.05) is 31.2 Å². The van der Waals surface area contributed by atoms with Gasteiger partial charge < -0.3 is 20.1 Å². The van der Waals surface area contributed by atoms with Crippen LogP contribution in [0.3, 0.4) is 0 Å². The van der Waals surface area contributed by atoms with Gasteiger partial charge in [0.1, 0.15) is 6.61 Å². The average Bonchev–Trinajstić information content (AvgIpc) is 2.47. The zero-order valence-corrected chi connectivity index (χ0v) is 12.9. The van der Waals surface area contributed by atoms with Crippen molar-refractivity contribution in [3.05, 3.63) is 46.7 Å². The molecule has 1 atom stereocenters. The first kappa shape index (κ1) is 16.0. The Balaban J connectivity index is 2.33. The van der Waals surface area contributed by atoms with Crippen LogP contribution in [0.5, 0.6) is 0 Å². The van der Waals surface area contributed by atoms with E-state index in [1.165, 1.54) is 7.11 Å². The Morgan fingerprint density at radius 2 is 1.95 bits per heavy atom. The highest BCUT2D eigenvalue weighted by Gasteiger charge is 2.32. The van der Waals surface area contributed by atoms with Gasteiger partial charge in [0.25, 0.3) is 0 Å². The lowest BCUT2D eigenvalue weighted by Crippen LogP contribution is -2.45. The number of aryl methyl sites for hydroxylation is 1. The second-order valence-corrected chi connectivity index (χ2v) is 5.06. The third kappa shape index (κ3) is 3.46. The number of nitrogens with one attached hydrogen (secondary N) is 2. The highest BCUT2D eigenvalue weighted by molar-refractivity contribution is 5.95. The number of benzene rings is 1. The van der Waals surface area contributed by atoms with Gasteiger partial charge in [-0.3, -0.25) is 0 Å². The molecule has 0 saturated carbocycles. The second-order valence-electron chi connectivity index (χ2n) is 5.06. The molecular weight excluding hydrogens is 284 g/mol. The Morgan fingerprint density at radius 3 is 2.64 bits per heavy atom. The normalized spacial score (nSPS) is 17.8. The largest absolute Gasteiger partial charge is 0.460 e. The number of rotatable bonds is 5. The molecule has 22 heavy (non-hydrogen) atoms. The summed E-state index contributed by atoms with van der Waals surface area (Å²) < 4.78 is 10.1. The molecule has 1 aliphatic heterocycles. The Bertz CT molecular complexity index is 610. The fourth-order valence-corrected chi connectivity index (χ4v) is 2.40. The molecule has 0 fully saturated rings. The summed E-state index contributed by atoms with van der Waals surface area (Å²) in [7, 11) is 1.54. The van der Waals surface area contributed by atoms with Crippen molar-refractivity contribution in [3.63, 3.8) is 0 Å². The highest BCUT2D eigenvalue weighted by atomic mass is 16.6. The molecule has 6 nitrogen and oxygen atoms in total. The van der Waals surface area contributed by atoms with Crippen molar-refractivity contribution in [2.24, 2.45) is 0 Å². The SMILES string of the molecule is COCCOC(=O)C1=C(C)NC(=O)NC1c1ccccc1C. The summed E-state index contributed by atoms with van der Waals surface area (Å²) >= 11 is 0. The second kappa shape index (κ2) is 7.09. The number of amides is 2. The standard InChI is InChI=1S/C16H20N2O4/c1-10-6-4-5-7-12(10)14-13(11(2)17-16(20)18-14)15(19)22-9-8-21-3/h4-7,14H,8-9H2,1-3H3,(H2,17,18,20). The highest BCUT2D eigenvalue weighted by Crippen LogP contribution is 2.29. The summed E-state index contributed by atoms with van der Waals surface area (Å²) in [6, 6.07) is 6.76.